The van der Waals surface area contributed by atoms with Crippen LogP contribution in [0.2, 0.25) is 0 Å². The lowest BCUT2D eigenvalue weighted by Gasteiger charge is -2.23. The molecule has 17 heavy (non-hydrogen) atoms. The van der Waals surface area contributed by atoms with E-state index < -0.39 is 17.9 Å². The molecule has 5 N–H and O–H groups in total. The summed E-state index contributed by atoms with van der Waals surface area (Å²) in [5.41, 5.74) is 4.92. The largest absolute Gasteiger partial charge is 0.480 e. The quantitative estimate of drug-likeness (QED) is 0.465. The van der Waals surface area contributed by atoms with Crippen molar-refractivity contribution in [2.24, 2.45) is 11.7 Å². The zero-order valence-corrected chi connectivity index (χ0v) is 9.44. The summed E-state index contributed by atoms with van der Waals surface area (Å²) in [4.78, 5) is 33.2. The van der Waals surface area contributed by atoms with Crippen LogP contribution in [0.4, 0.5) is 0 Å². The van der Waals surface area contributed by atoms with Gasteiger partial charge in [0.25, 0.3) is 0 Å². The molecule has 1 heterocycles. The van der Waals surface area contributed by atoms with Crippen LogP contribution in [-0.2, 0) is 14.4 Å². The summed E-state index contributed by atoms with van der Waals surface area (Å²) in [6, 6.07) is -1.23. The van der Waals surface area contributed by atoms with Crippen molar-refractivity contribution in [2.45, 2.75) is 25.3 Å². The van der Waals surface area contributed by atoms with Crippen molar-refractivity contribution in [1.29, 1.82) is 0 Å². The molecule has 0 bridgehead atoms. The third kappa shape index (κ3) is 4.39. The molecule has 0 aliphatic carbocycles. The van der Waals surface area contributed by atoms with Crippen LogP contribution < -0.4 is 16.4 Å². The second-order valence-electron chi connectivity index (χ2n) is 4.11. The van der Waals surface area contributed by atoms with Crippen molar-refractivity contribution in [3.8, 4) is 0 Å². The van der Waals surface area contributed by atoms with Crippen LogP contribution in [0, 0.1) is 5.92 Å². The number of hydrogen-bond donors (Lipinski definition) is 4. The molecule has 1 saturated heterocycles. The zero-order chi connectivity index (χ0) is 12.8. The molecule has 0 unspecified atom stereocenters. The van der Waals surface area contributed by atoms with Crippen molar-refractivity contribution in [3.05, 3.63) is 0 Å². The molecule has 2 amide bonds. The number of carboxylic acids is 1. The van der Waals surface area contributed by atoms with Gasteiger partial charge in [0.05, 0.1) is 12.3 Å². The highest BCUT2D eigenvalue weighted by Crippen LogP contribution is 2.10. The first-order valence-electron chi connectivity index (χ1n) is 5.53. The molecule has 7 nitrogen and oxygen atoms in total. The minimum atomic E-state index is -1.25. The highest BCUT2D eigenvalue weighted by Gasteiger charge is 2.27. The second kappa shape index (κ2) is 6.19. The lowest BCUT2D eigenvalue weighted by Crippen LogP contribution is -2.48. The summed E-state index contributed by atoms with van der Waals surface area (Å²) >= 11 is 0. The zero-order valence-electron chi connectivity index (χ0n) is 9.44. The number of carboxylic acid groups (broad SMARTS) is 1. The first-order valence-corrected chi connectivity index (χ1v) is 5.53. The van der Waals surface area contributed by atoms with E-state index in [1.165, 1.54) is 0 Å². The van der Waals surface area contributed by atoms with E-state index in [4.69, 9.17) is 10.8 Å². The maximum absolute atomic E-state index is 11.7. The van der Waals surface area contributed by atoms with Gasteiger partial charge in [0.15, 0.2) is 0 Å². The number of carbonyl (C=O) groups excluding carboxylic acids is 2. The molecule has 0 aromatic carbocycles. The highest BCUT2D eigenvalue weighted by molar-refractivity contribution is 5.89. The number of nitrogens with one attached hydrogen (secondary N) is 2. The van der Waals surface area contributed by atoms with Gasteiger partial charge in [0.1, 0.15) is 6.04 Å². The maximum Gasteiger partial charge on any atom is 0.326 e. The van der Waals surface area contributed by atoms with Crippen LogP contribution in [0.25, 0.3) is 0 Å². The van der Waals surface area contributed by atoms with Gasteiger partial charge in [-0.05, 0) is 19.4 Å². The summed E-state index contributed by atoms with van der Waals surface area (Å²) in [7, 11) is 0. The van der Waals surface area contributed by atoms with E-state index >= 15 is 0 Å². The van der Waals surface area contributed by atoms with E-state index in [0.717, 1.165) is 19.4 Å². The van der Waals surface area contributed by atoms with Gasteiger partial charge in [0, 0.05) is 6.54 Å². The van der Waals surface area contributed by atoms with Crippen LogP contribution in [0.15, 0.2) is 0 Å². The second-order valence-corrected chi connectivity index (χ2v) is 4.11. The summed E-state index contributed by atoms with van der Waals surface area (Å²) < 4.78 is 0. The van der Waals surface area contributed by atoms with Crippen LogP contribution in [-0.4, -0.2) is 42.0 Å². The van der Waals surface area contributed by atoms with E-state index in [9.17, 15) is 14.4 Å². The average Bonchev–Trinajstić information content (AvgIpc) is 2.28. The molecule has 0 aromatic rings. The predicted molar refractivity (Wildman–Crippen MR) is 59.0 cm³/mol. The Morgan fingerprint density at radius 2 is 2.18 bits per heavy atom. The molecule has 7 heteroatoms. The van der Waals surface area contributed by atoms with Gasteiger partial charge < -0.3 is 21.5 Å². The van der Waals surface area contributed by atoms with Crippen molar-refractivity contribution < 1.29 is 19.5 Å². The molecule has 0 aromatic heterocycles. The van der Waals surface area contributed by atoms with Crippen LogP contribution in [0.3, 0.4) is 0 Å². The minimum absolute atomic E-state index is 0.238. The number of hydrogen-bond acceptors (Lipinski definition) is 4. The monoisotopic (exact) mass is 243 g/mol. The van der Waals surface area contributed by atoms with Gasteiger partial charge >= 0.3 is 5.97 Å². The lowest BCUT2D eigenvalue weighted by molar-refractivity contribution is -0.144. The fourth-order valence-corrected chi connectivity index (χ4v) is 1.77. The molecule has 2 atom stereocenters. The summed E-state index contributed by atoms with van der Waals surface area (Å²) in [5.74, 6) is -2.58. The molecular weight excluding hydrogens is 226 g/mol. The number of aliphatic carboxylic acids is 1. The van der Waals surface area contributed by atoms with Gasteiger partial charge in [-0.2, -0.15) is 0 Å². The highest BCUT2D eigenvalue weighted by atomic mass is 16.4. The molecule has 1 aliphatic heterocycles. The number of primary amides is 1. The molecule has 96 valence electrons. The molecule has 1 rings (SSSR count). The Labute approximate surface area is 98.7 Å². The maximum atomic E-state index is 11.7. The summed E-state index contributed by atoms with van der Waals surface area (Å²) in [6.45, 7) is 1.40. The smallest absolute Gasteiger partial charge is 0.326 e. The molecule has 1 fully saturated rings. The Hall–Kier alpha value is -1.63. The van der Waals surface area contributed by atoms with Gasteiger partial charge in [-0.15, -0.1) is 0 Å². The summed E-state index contributed by atoms with van der Waals surface area (Å²) in [6.07, 6.45) is 1.22. The Kier molecular flexibility index (Phi) is 4.89. The normalized spacial score (nSPS) is 21.5. The predicted octanol–water partition coefficient (Wildman–Crippen LogP) is -1.57. The van der Waals surface area contributed by atoms with Crippen molar-refractivity contribution in [3.63, 3.8) is 0 Å². The number of nitrogens with two attached hydrogens (primary N) is 1. The molecule has 1 aliphatic rings. The summed E-state index contributed by atoms with van der Waals surface area (Å²) in [5, 5.41) is 14.2. The fourth-order valence-electron chi connectivity index (χ4n) is 1.77. The Morgan fingerprint density at radius 1 is 1.47 bits per heavy atom. The van der Waals surface area contributed by atoms with E-state index in [1.54, 1.807) is 0 Å². The minimum Gasteiger partial charge on any atom is -0.480 e. The number of piperidine rings is 1. The molecule has 0 radical (unpaired) electrons. The van der Waals surface area contributed by atoms with Crippen LogP contribution in [0.5, 0.6) is 0 Å². The van der Waals surface area contributed by atoms with Gasteiger partial charge in [0.2, 0.25) is 11.8 Å². The van der Waals surface area contributed by atoms with E-state index in [-0.39, 0.29) is 18.2 Å². The number of carbonyl (C=O) groups is 3. The van der Waals surface area contributed by atoms with Gasteiger partial charge in [-0.1, -0.05) is 0 Å². The third-order valence-electron chi connectivity index (χ3n) is 2.69. The van der Waals surface area contributed by atoms with Crippen molar-refractivity contribution in [2.75, 3.05) is 13.1 Å². The number of amides is 2. The standard InChI is InChI=1S/C10H17N3O4/c11-8(14)4-7(10(16)17)13-9(15)6-2-1-3-12-5-6/h6-7,12H,1-5H2,(H2,11,14)(H,13,15)(H,16,17)/t6-,7-/m1/s1. The van der Waals surface area contributed by atoms with Crippen LogP contribution in [0.1, 0.15) is 19.3 Å². The van der Waals surface area contributed by atoms with E-state index in [1.807, 2.05) is 0 Å². The van der Waals surface area contributed by atoms with E-state index in [0.29, 0.717) is 6.54 Å². The third-order valence-corrected chi connectivity index (χ3v) is 2.69. The lowest BCUT2D eigenvalue weighted by atomic mass is 9.98. The molecule has 0 spiro atoms. The van der Waals surface area contributed by atoms with E-state index in [2.05, 4.69) is 10.6 Å². The van der Waals surface area contributed by atoms with Crippen molar-refractivity contribution >= 4 is 17.8 Å². The average molecular weight is 243 g/mol. The Balaban J connectivity index is 2.50. The molecular formula is C10H17N3O4. The Morgan fingerprint density at radius 3 is 2.65 bits per heavy atom. The first kappa shape index (κ1) is 13.4. The number of rotatable bonds is 5. The fraction of sp³-hybridized carbons (Fsp3) is 0.700. The topological polar surface area (TPSA) is 122 Å². The Bertz CT molecular complexity index is 313. The van der Waals surface area contributed by atoms with Gasteiger partial charge in [-0.3, -0.25) is 9.59 Å². The van der Waals surface area contributed by atoms with Gasteiger partial charge in [-0.25, -0.2) is 4.79 Å². The molecule has 0 saturated carbocycles. The SMILES string of the molecule is NC(=O)C[C@@H](NC(=O)[C@@H]1CCCNC1)C(=O)O. The van der Waals surface area contributed by atoms with Crippen molar-refractivity contribution in [1.82, 2.24) is 10.6 Å². The first-order chi connectivity index (χ1) is 8.00. The van der Waals surface area contributed by atoms with Crippen LogP contribution >= 0.6 is 0 Å².